The van der Waals surface area contributed by atoms with Gasteiger partial charge in [0.1, 0.15) is 0 Å². The predicted molar refractivity (Wildman–Crippen MR) is 108 cm³/mol. The van der Waals surface area contributed by atoms with Gasteiger partial charge >= 0.3 is 0 Å². The molecule has 152 valence electrons. The molecule has 2 saturated heterocycles. The van der Waals surface area contributed by atoms with Gasteiger partial charge in [-0.15, -0.1) is 0 Å². The largest absolute Gasteiger partial charge is 0.270 e. The Balaban J connectivity index is 2.04. The number of sulfonamides is 2. The summed E-state index contributed by atoms with van der Waals surface area (Å²) in [7, 11) is -6.95. The lowest BCUT2D eigenvalue weighted by atomic mass is 10.0. The molecule has 2 heterocycles. The molecule has 0 unspecified atom stereocenters. The van der Waals surface area contributed by atoms with Crippen molar-refractivity contribution >= 4 is 25.7 Å². The summed E-state index contributed by atoms with van der Waals surface area (Å²) in [4.78, 5) is 0.291. The Morgan fingerprint density at radius 2 is 1.59 bits per heavy atom. The van der Waals surface area contributed by atoms with Gasteiger partial charge in [-0.1, -0.05) is 6.42 Å². The molecule has 8 heteroatoms. The number of hydrogen-bond donors (Lipinski definition) is 0. The first-order chi connectivity index (χ1) is 12.6. The van der Waals surface area contributed by atoms with Gasteiger partial charge in [0.05, 0.1) is 16.3 Å². The van der Waals surface area contributed by atoms with Crippen LogP contribution in [-0.2, 0) is 20.0 Å². The molecular weight excluding hydrogens is 384 g/mol. The molecule has 1 aromatic rings. The van der Waals surface area contributed by atoms with Crippen LogP contribution in [0.15, 0.2) is 17.0 Å². The molecule has 0 bridgehead atoms. The topological polar surface area (TPSA) is 74.8 Å². The summed E-state index contributed by atoms with van der Waals surface area (Å²) in [6, 6.07) is 3.32. The van der Waals surface area contributed by atoms with Crippen molar-refractivity contribution in [2.45, 2.75) is 76.8 Å². The smallest absolute Gasteiger partial charge is 0.243 e. The van der Waals surface area contributed by atoms with E-state index < -0.39 is 20.0 Å². The zero-order valence-corrected chi connectivity index (χ0v) is 18.2. The Morgan fingerprint density at radius 3 is 2.19 bits per heavy atom. The molecule has 3 rings (SSSR count). The van der Waals surface area contributed by atoms with Crippen molar-refractivity contribution in [2.24, 2.45) is 0 Å². The molecule has 0 amide bonds. The summed E-state index contributed by atoms with van der Waals surface area (Å²) in [5.41, 5.74) is 1.88. The molecule has 2 aliphatic rings. The molecule has 2 aliphatic heterocycles. The average molecular weight is 415 g/mol. The maximum atomic E-state index is 13.4. The lowest BCUT2D eigenvalue weighted by molar-refractivity contribution is 0.204. The molecule has 0 aromatic heterocycles. The number of benzene rings is 1. The van der Waals surface area contributed by atoms with Crippen LogP contribution < -0.4 is 4.31 Å². The van der Waals surface area contributed by atoms with Crippen LogP contribution in [0.2, 0.25) is 0 Å². The van der Waals surface area contributed by atoms with Crippen LogP contribution in [0.25, 0.3) is 0 Å². The number of hydrogen-bond acceptors (Lipinski definition) is 4. The molecule has 0 saturated carbocycles. The van der Waals surface area contributed by atoms with Crippen molar-refractivity contribution in [2.75, 3.05) is 16.6 Å². The van der Waals surface area contributed by atoms with Crippen LogP contribution in [0.4, 0.5) is 5.69 Å². The highest BCUT2D eigenvalue weighted by atomic mass is 32.2. The minimum Gasteiger partial charge on any atom is -0.270 e. The highest BCUT2D eigenvalue weighted by Gasteiger charge is 2.37. The lowest BCUT2D eigenvalue weighted by Crippen LogP contribution is -2.47. The highest BCUT2D eigenvalue weighted by Crippen LogP contribution is 2.35. The lowest BCUT2D eigenvalue weighted by Gasteiger charge is -2.38. The monoisotopic (exact) mass is 414 g/mol. The third-order valence-corrected chi connectivity index (χ3v) is 9.91. The number of piperidine rings is 1. The first kappa shape index (κ1) is 20.6. The fraction of sp³-hybridized carbons (Fsp3) is 0.684. The van der Waals surface area contributed by atoms with Gasteiger partial charge in [0.2, 0.25) is 20.0 Å². The molecule has 0 aliphatic carbocycles. The molecule has 2 fully saturated rings. The second-order valence-corrected chi connectivity index (χ2v) is 11.8. The third-order valence-electron chi connectivity index (χ3n) is 5.78. The van der Waals surface area contributed by atoms with Crippen molar-refractivity contribution in [3.63, 3.8) is 0 Å². The van der Waals surface area contributed by atoms with E-state index in [1.165, 1.54) is 4.31 Å². The minimum atomic E-state index is -3.62. The predicted octanol–water partition coefficient (Wildman–Crippen LogP) is 3.19. The normalized spacial score (nSPS) is 26.9. The summed E-state index contributed by atoms with van der Waals surface area (Å²) >= 11 is 0. The summed E-state index contributed by atoms with van der Waals surface area (Å²) < 4.78 is 54.8. The van der Waals surface area contributed by atoms with Crippen LogP contribution in [0.3, 0.4) is 0 Å². The van der Waals surface area contributed by atoms with Crippen molar-refractivity contribution in [1.29, 1.82) is 0 Å². The molecule has 1 aromatic carbocycles. The first-order valence-electron chi connectivity index (χ1n) is 9.71. The Labute approximate surface area is 163 Å². The maximum Gasteiger partial charge on any atom is 0.243 e. The quantitative estimate of drug-likeness (QED) is 0.761. The average Bonchev–Trinajstić information content (AvgIpc) is 2.56. The molecule has 0 spiro atoms. The number of anilines is 1. The zero-order chi connectivity index (χ0) is 20.0. The Bertz CT molecular complexity index is 915. The van der Waals surface area contributed by atoms with Crippen molar-refractivity contribution in [1.82, 2.24) is 4.31 Å². The van der Waals surface area contributed by atoms with E-state index in [0.29, 0.717) is 34.7 Å². The Kier molecular flexibility index (Phi) is 5.62. The Morgan fingerprint density at radius 1 is 0.963 bits per heavy atom. The maximum absolute atomic E-state index is 13.4. The van der Waals surface area contributed by atoms with Gasteiger partial charge in [-0.05, 0) is 76.6 Å². The summed E-state index contributed by atoms with van der Waals surface area (Å²) in [5.74, 6) is 0.147. The van der Waals surface area contributed by atoms with Gasteiger partial charge in [-0.2, -0.15) is 4.31 Å². The SMILES string of the molecule is Cc1cc(S(=O)(=O)N2[C@H](C)CCC[C@@H]2C)c(C)cc1N1CCCCS1(=O)=O. The Hall–Kier alpha value is -1.12. The highest BCUT2D eigenvalue weighted by molar-refractivity contribution is 7.92. The van der Waals surface area contributed by atoms with Crippen LogP contribution >= 0.6 is 0 Å². The van der Waals surface area contributed by atoms with E-state index in [4.69, 9.17) is 0 Å². The molecular formula is C19H30N2O4S2. The third kappa shape index (κ3) is 3.76. The van der Waals surface area contributed by atoms with Crippen LogP contribution in [0, 0.1) is 13.8 Å². The molecule has 6 nitrogen and oxygen atoms in total. The van der Waals surface area contributed by atoms with Gasteiger partial charge < -0.3 is 0 Å². The number of aryl methyl sites for hydroxylation is 2. The fourth-order valence-electron chi connectivity index (χ4n) is 4.37. The van der Waals surface area contributed by atoms with Gasteiger partial charge in [-0.3, -0.25) is 4.31 Å². The van der Waals surface area contributed by atoms with E-state index in [9.17, 15) is 16.8 Å². The van der Waals surface area contributed by atoms with Crippen LogP contribution in [0.5, 0.6) is 0 Å². The second-order valence-electron chi connectivity index (χ2n) is 7.96. The van der Waals surface area contributed by atoms with Crippen molar-refractivity contribution in [3.05, 3.63) is 23.3 Å². The summed E-state index contributed by atoms with van der Waals surface area (Å²) in [6.07, 6.45) is 4.27. The summed E-state index contributed by atoms with van der Waals surface area (Å²) in [5, 5.41) is 0. The van der Waals surface area contributed by atoms with E-state index in [1.807, 2.05) is 13.8 Å². The minimum absolute atomic E-state index is 0.0272. The van der Waals surface area contributed by atoms with Gasteiger partial charge in [-0.25, -0.2) is 16.8 Å². The van der Waals surface area contributed by atoms with Crippen molar-refractivity contribution in [3.8, 4) is 0 Å². The van der Waals surface area contributed by atoms with Crippen LogP contribution in [0.1, 0.15) is 57.1 Å². The second kappa shape index (κ2) is 7.37. The standard InChI is InChI=1S/C19H30N2O4S2/c1-14-13-19(27(24,25)21-16(3)8-7-9-17(21)4)15(2)12-18(14)20-10-5-6-11-26(20,22)23/h12-13,16-17H,5-11H2,1-4H3/t16-,17+. The van der Waals surface area contributed by atoms with E-state index in [2.05, 4.69) is 0 Å². The van der Waals surface area contributed by atoms with Gasteiger partial charge in [0.25, 0.3) is 0 Å². The van der Waals surface area contributed by atoms with E-state index in [0.717, 1.165) is 25.7 Å². The molecule has 0 radical (unpaired) electrons. The molecule has 27 heavy (non-hydrogen) atoms. The van der Waals surface area contributed by atoms with Crippen molar-refractivity contribution < 1.29 is 16.8 Å². The van der Waals surface area contributed by atoms with Gasteiger partial charge in [0.15, 0.2) is 0 Å². The van der Waals surface area contributed by atoms with Crippen LogP contribution in [-0.4, -0.2) is 45.5 Å². The van der Waals surface area contributed by atoms with E-state index in [1.54, 1.807) is 30.3 Å². The fourth-order valence-corrected chi connectivity index (χ4v) is 8.24. The van der Waals surface area contributed by atoms with E-state index >= 15 is 0 Å². The van der Waals surface area contributed by atoms with Gasteiger partial charge in [0, 0.05) is 18.6 Å². The summed E-state index contributed by atoms with van der Waals surface area (Å²) in [6.45, 7) is 7.93. The molecule has 0 N–H and O–H groups in total. The number of nitrogens with zero attached hydrogens (tertiary/aromatic N) is 2. The molecule has 2 atom stereocenters. The van der Waals surface area contributed by atoms with E-state index in [-0.39, 0.29) is 17.8 Å². The zero-order valence-electron chi connectivity index (χ0n) is 16.6. The first-order valence-corrected chi connectivity index (χ1v) is 12.8. The number of rotatable bonds is 3.